The summed E-state index contributed by atoms with van der Waals surface area (Å²) in [6.45, 7) is 0. The van der Waals surface area contributed by atoms with E-state index in [1.807, 2.05) is 18.2 Å². The Kier molecular flexibility index (Phi) is 3.89. The summed E-state index contributed by atoms with van der Waals surface area (Å²) in [6.07, 6.45) is 1.22. The lowest BCUT2D eigenvalue weighted by molar-refractivity contribution is -0.118. The molecule has 0 fully saturated rings. The number of nitrogens with zero attached hydrogens (tertiary/aromatic N) is 1. The molecule has 1 heterocycles. The van der Waals surface area contributed by atoms with Crippen LogP contribution in [-0.4, -0.2) is 39.1 Å². The number of carbonyl (C=O) groups excluding carboxylic acids is 1. The SMILES string of the molecule is CN1C(=O)C(N)c2ccc(SCCS(C)(=O)=O)cc21. The number of benzene rings is 1. The van der Waals surface area contributed by atoms with Gasteiger partial charge in [0.15, 0.2) is 0 Å². The standard InChI is InChI=1S/C12H16N2O3S2/c1-14-10-7-8(18-5-6-19(2,16)17)3-4-9(10)11(13)12(14)15/h3-4,7,11H,5-6,13H2,1-2H3. The molecule has 0 aliphatic carbocycles. The second-order valence-corrected chi connectivity index (χ2v) is 8.00. The van der Waals surface area contributed by atoms with Crippen molar-refractivity contribution in [2.24, 2.45) is 5.73 Å². The summed E-state index contributed by atoms with van der Waals surface area (Å²) in [5, 5.41) is 0. The third-order valence-electron chi connectivity index (χ3n) is 3.02. The topological polar surface area (TPSA) is 80.5 Å². The quantitative estimate of drug-likeness (QED) is 0.832. The molecule has 0 saturated carbocycles. The Morgan fingerprint density at radius 1 is 1.42 bits per heavy atom. The monoisotopic (exact) mass is 300 g/mol. The number of hydrogen-bond donors (Lipinski definition) is 1. The Morgan fingerprint density at radius 2 is 2.11 bits per heavy atom. The number of amides is 1. The van der Waals surface area contributed by atoms with Crippen molar-refractivity contribution in [1.29, 1.82) is 0 Å². The summed E-state index contributed by atoms with van der Waals surface area (Å²) in [7, 11) is -1.25. The van der Waals surface area contributed by atoms with Crippen molar-refractivity contribution in [3.63, 3.8) is 0 Å². The van der Waals surface area contributed by atoms with E-state index in [0.717, 1.165) is 16.1 Å². The molecule has 0 radical (unpaired) electrons. The Balaban J connectivity index is 2.13. The van der Waals surface area contributed by atoms with E-state index in [2.05, 4.69) is 0 Å². The molecule has 1 unspecified atom stereocenters. The number of anilines is 1. The van der Waals surface area contributed by atoms with Crippen LogP contribution in [0.15, 0.2) is 23.1 Å². The van der Waals surface area contributed by atoms with Crippen molar-refractivity contribution in [1.82, 2.24) is 0 Å². The minimum Gasteiger partial charge on any atom is -0.316 e. The fourth-order valence-corrected chi connectivity index (χ4v) is 4.08. The van der Waals surface area contributed by atoms with Crippen LogP contribution < -0.4 is 10.6 Å². The Labute approximate surface area is 117 Å². The highest BCUT2D eigenvalue weighted by Gasteiger charge is 2.32. The van der Waals surface area contributed by atoms with Crippen LogP contribution >= 0.6 is 11.8 Å². The summed E-state index contributed by atoms with van der Waals surface area (Å²) >= 11 is 1.46. The average Bonchev–Trinajstić information content (AvgIpc) is 2.53. The average molecular weight is 300 g/mol. The highest BCUT2D eigenvalue weighted by molar-refractivity contribution is 8.00. The molecule has 1 aliphatic rings. The Bertz CT molecular complexity index is 613. The van der Waals surface area contributed by atoms with Gasteiger partial charge >= 0.3 is 0 Å². The van der Waals surface area contributed by atoms with Crippen molar-refractivity contribution in [2.45, 2.75) is 10.9 Å². The van der Waals surface area contributed by atoms with Gasteiger partial charge in [-0.25, -0.2) is 8.42 Å². The Morgan fingerprint density at radius 3 is 2.74 bits per heavy atom. The van der Waals surface area contributed by atoms with E-state index in [0.29, 0.717) is 5.75 Å². The van der Waals surface area contributed by atoms with E-state index in [1.165, 1.54) is 18.0 Å². The van der Waals surface area contributed by atoms with E-state index in [4.69, 9.17) is 5.73 Å². The van der Waals surface area contributed by atoms with Gasteiger partial charge in [-0.1, -0.05) is 6.07 Å². The first-order chi connectivity index (χ1) is 8.79. The zero-order valence-corrected chi connectivity index (χ0v) is 12.4. The first-order valence-electron chi connectivity index (χ1n) is 5.77. The third-order valence-corrected chi connectivity index (χ3v) is 5.22. The maximum atomic E-state index is 11.7. The maximum absolute atomic E-state index is 11.7. The minimum absolute atomic E-state index is 0.117. The minimum atomic E-state index is -2.94. The highest BCUT2D eigenvalue weighted by Crippen LogP contribution is 2.36. The van der Waals surface area contributed by atoms with E-state index < -0.39 is 15.9 Å². The van der Waals surface area contributed by atoms with Crippen LogP contribution in [0.5, 0.6) is 0 Å². The van der Waals surface area contributed by atoms with Gasteiger partial charge in [-0.15, -0.1) is 11.8 Å². The fourth-order valence-electron chi connectivity index (χ4n) is 1.94. The molecule has 0 saturated heterocycles. The van der Waals surface area contributed by atoms with E-state index in [1.54, 1.807) is 11.9 Å². The van der Waals surface area contributed by atoms with Gasteiger partial charge in [-0.3, -0.25) is 4.79 Å². The predicted molar refractivity (Wildman–Crippen MR) is 77.2 cm³/mol. The summed E-state index contributed by atoms with van der Waals surface area (Å²) in [5.41, 5.74) is 7.44. The molecular weight excluding hydrogens is 284 g/mol. The molecule has 1 aromatic carbocycles. The molecule has 5 nitrogen and oxygen atoms in total. The molecule has 2 rings (SSSR count). The van der Waals surface area contributed by atoms with Gasteiger partial charge in [0.1, 0.15) is 15.9 Å². The number of rotatable bonds is 4. The van der Waals surface area contributed by atoms with Crippen LogP contribution in [0.4, 0.5) is 5.69 Å². The smallest absolute Gasteiger partial charge is 0.248 e. The van der Waals surface area contributed by atoms with Crippen molar-refractivity contribution in [2.75, 3.05) is 29.7 Å². The molecule has 2 N–H and O–H groups in total. The molecule has 104 valence electrons. The summed E-state index contributed by atoms with van der Waals surface area (Å²) in [5.74, 6) is 0.526. The normalized spacial score (nSPS) is 18.8. The van der Waals surface area contributed by atoms with Crippen LogP contribution in [0.1, 0.15) is 11.6 Å². The zero-order valence-electron chi connectivity index (χ0n) is 10.8. The zero-order chi connectivity index (χ0) is 14.2. The van der Waals surface area contributed by atoms with Crippen molar-refractivity contribution >= 4 is 33.2 Å². The largest absolute Gasteiger partial charge is 0.316 e. The van der Waals surface area contributed by atoms with Gasteiger partial charge in [-0.05, 0) is 12.1 Å². The molecule has 0 spiro atoms. The van der Waals surface area contributed by atoms with Crippen LogP contribution in [0.3, 0.4) is 0 Å². The van der Waals surface area contributed by atoms with Gasteiger partial charge in [0.25, 0.3) is 0 Å². The summed E-state index contributed by atoms with van der Waals surface area (Å²) < 4.78 is 22.1. The van der Waals surface area contributed by atoms with Crippen LogP contribution in [-0.2, 0) is 14.6 Å². The summed E-state index contributed by atoms with van der Waals surface area (Å²) in [6, 6.07) is 5.00. The number of carbonyl (C=O) groups is 1. The molecule has 0 bridgehead atoms. The molecule has 0 aromatic heterocycles. The molecular formula is C12H16N2O3S2. The molecule has 1 atom stereocenters. The number of nitrogens with two attached hydrogens (primary N) is 1. The maximum Gasteiger partial charge on any atom is 0.248 e. The van der Waals surface area contributed by atoms with E-state index in [9.17, 15) is 13.2 Å². The van der Waals surface area contributed by atoms with Gasteiger partial charge in [0, 0.05) is 35.2 Å². The van der Waals surface area contributed by atoms with E-state index in [-0.39, 0.29) is 11.7 Å². The fraction of sp³-hybridized carbons (Fsp3) is 0.417. The number of sulfone groups is 1. The van der Waals surface area contributed by atoms with Gasteiger partial charge in [-0.2, -0.15) is 0 Å². The Hall–Kier alpha value is -1.05. The molecule has 1 amide bonds. The van der Waals surface area contributed by atoms with Crippen LogP contribution in [0.2, 0.25) is 0 Å². The van der Waals surface area contributed by atoms with Crippen molar-refractivity contribution in [3.05, 3.63) is 23.8 Å². The number of likely N-dealkylation sites (N-methyl/N-ethyl adjacent to an activating group) is 1. The van der Waals surface area contributed by atoms with Gasteiger partial charge in [0.05, 0.1) is 5.75 Å². The van der Waals surface area contributed by atoms with Crippen LogP contribution in [0.25, 0.3) is 0 Å². The van der Waals surface area contributed by atoms with E-state index >= 15 is 0 Å². The molecule has 1 aliphatic heterocycles. The van der Waals surface area contributed by atoms with Crippen molar-refractivity contribution in [3.8, 4) is 0 Å². The number of hydrogen-bond acceptors (Lipinski definition) is 5. The van der Waals surface area contributed by atoms with Crippen LogP contribution in [0, 0.1) is 0 Å². The number of thioether (sulfide) groups is 1. The first kappa shape index (κ1) is 14.4. The van der Waals surface area contributed by atoms with Gasteiger partial charge < -0.3 is 10.6 Å². The van der Waals surface area contributed by atoms with Crippen molar-refractivity contribution < 1.29 is 13.2 Å². The molecule has 7 heteroatoms. The third kappa shape index (κ3) is 3.10. The molecule has 1 aromatic rings. The lowest BCUT2D eigenvalue weighted by Gasteiger charge is -2.11. The summed E-state index contributed by atoms with van der Waals surface area (Å²) in [4.78, 5) is 14.2. The number of fused-ring (bicyclic) bond motifs is 1. The highest BCUT2D eigenvalue weighted by atomic mass is 32.2. The molecule has 19 heavy (non-hydrogen) atoms. The lowest BCUT2D eigenvalue weighted by Crippen LogP contribution is -2.27. The lowest BCUT2D eigenvalue weighted by atomic mass is 10.1. The van der Waals surface area contributed by atoms with Gasteiger partial charge in [0.2, 0.25) is 5.91 Å². The predicted octanol–water partition coefficient (Wildman–Crippen LogP) is 0.799. The second-order valence-electron chi connectivity index (χ2n) is 4.57. The second kappa shape index (κ2) is 5.15. The first-order valence-corrected chi connectivity index (χ1v) is 8.82.